The zero-order valence-corrected chi connectivity index (χ0v) is 20.6. The lowest BCUT2D eigenvalue weighted by molar-refractivity contribution is -0.126. The number of ether oxygens (including phenoxy) is 1. The Morgan fingerprint density at radius 3 is 2.38 bits per heavy atom. The second-order valence-corrected chi connectivity index (χ2v) is 9.66. The fraction of sp³-hybridized carbons (Fsp3) is 0.481. The zero-order valence-electron chi connectivity index (χ0n) is 19.8. The number of carbonyl (C=O) groups is 2. The molecule has 2 amide bonds. The first-order valence-corrected chi connectivity index (χ1v) is 12.6. The van der Waals surface area contributed by atoms with Gasteiger partial charge >= 0.3 is 0 Å². The summed E-state index contributed by atoms with van der Waals surface area (Å²) in [6, 6.07) is 15.2. The molecule has 4 rings (SSSR count). The Hall–Kier alpha value is -2.57. The van der Waals surface area contributed by atoms with E-state index < -0.39 is 0 Å². The van der Waals surface area contributed by atoms with E-state index >= 15 is 0 Å². The molecule has 2 aromatic carbocycles. The van der Waals surface area contributed by atoms with E-state index in [2.05, 4.69) is 22.3 Å². The highest BCUT2D eigenvalue weighted by molar-refractivity contribution is 6.30. The molecular formula is C27H34ClN3O3. The second kappa shape index (κ2) is 11.7. The molecule has 2 atom stereocenters. The fourth-order valence-corrected chi connectivity index (χ4v) is 5.13. The number of benzene rings is 2. The molecule has 7 heteroatoms. The first-order valence-electron chi connectivity index (χ1n) is 12.3. The first-order chi connectivity index (χ1) is 16.5. The maximum atomic E-state index is 13.2. The van der Waals surface area contributed by atoms with Crippen molar-refractivity contribution in [1.82, 2.24) is 15.1 Å². The van der Waals surface area contributed by atoms with Crippen molar-refractivity contribution in [2.75, 3.05) is 39.8 Å². The van der Waals surface area contributed by atoms with Gasteiger partial charge in [-0.25, -0.2) is 0 Å². The predicted molar refractivity (Wildman–Crippen MR) is 134 cm³/mol. The molecular weight excluding hydrogens is 450 g/mol. The molecule has 0 aliphatic carbocycles. The van der Waals surface area contributed by atoms with Gasteiger partial charge in [0.25, 0.3) is 5.91 Å². The maximum Gasteiger partial charge on any atom is 0.253 e. The lowest BCUT2D eigenvalue weighted by Gasteiger charge is -2.36. The molecule has 34 heavy (non-hydrogen) atoms. The number of carbonyl (C=O) groups excluding carboxylic acids is 2. The van der Waals surface area contributed by atoms with Crippen LogP contribution in [0.15, 0.2) is 48.5 Å². The summed E-state index contributed by atoms with van der Waals surface area (Å²) in [4.78, 5) is 30.4. The third kappa shape index (κ3) is 6.10. The Kier molecular flexibility index (Phi) is 8.46. The second-order valence-electron chi connectivity index (χ2n) is 9.23. The molecule has 2 fully saturated rings. The van der Waals surface area contributed by atoms with E-state index in [-0.39, 0.29) is 23.8 Å². The van der Waals surface area contributed by atoms with Gasteiger partial charge in [-0.1, -0.05) is 30.2 Å². The van der Waals surface area contributed by atoms with Crippen LogP contribution < -0.4 is 10.1 Å². The first kappa shape index (κ1) is 24.6. The number of methoxy groups -OCH3 is 1. The molecule has 2 unspecified atom stereocenters. The van der Waals surface area contributed by atoms with Gasteiger partial charge in [-0.15, -0.1) is 0 Å². The Balaban J connectivity index is 1.39. The molecule has 0 radical (unpaired) electrons. The van der Waals surface area contributed by atoms with Crippen molar-refractivity contribution in [2.24, 2.45) is 5.92 Å². The molecule has 0 aromatic heterocycles. The van der Waals surface area contributed by atoms with Crippen molar-refractivity contribution in [3.63, 3.8) is 0 Å². The van der Waals surface area contributed by atoms with Gasteiger partial charge in [0.05, 0.1) is 19.1 Å². The molecule has 0 saturated carbocycles. The van der Waals surface area contributed by atoms with Crippen LogP contribution in [0.1, 0.15) is 54.1 Å². The predicted octanol–water partition coefficient (Wildman–Crippen LogP) is 4.54. The number of hydrogen-bond acceptors (Lipinski definition) is 4. The van der Waals surface area contributed by atoms with Crippen LogP contribution in [0, 0.1) is 5.92 Å². The summed E-state index contributed by atoms with van der Waals surface area (Å²) in [5, 5.41) is 3.82. The third-order valence-electron chi connectivity index (χ3n) is 6.97. The minimum absolute atomic E-state index is 0.0316. The van der Waals surface area contributed by atoms with Crippen molar-refractivity contribution < 1.29 is 14.3 Å². The zero-order chi connectivity index (χ0) is 23.9. The summed E-state index contributed by atoms with van der Waals surface area (Å²) in [5.41, 5.74) is 1.79. The Morgan fingerprint density at radius 2 is 1.71 bits per heavy atom. The monoisotopic (exact) mass is 483 g/mol. The van der Waals surface area contributed by atoms with Crippen molar-refractivity contribution in [3.05, 3.63) is 64.7 Å². The van der Waals surface area contributed by atoms with Crippen molar-refractivity contribution in [1.29, 1.82) is 0 Å². The largest absolute Gasteiger partial charge is 0.497 e. The lowest BCUT2D eigenvalue weighted by Crippen LogP contribution is -2.47. The van der Waals surface area contributed by atoms with E-state index in [0.717, 1.165) is 31.7 Å². The summed E-state index contributed by atoms with van der Waals surface area (Å²) in [6.07, 6.45) is 5.26. The summed E-state index contributed by atoms with van der Waals surface area (Å²) < 4.78 is 5.32. The summed E-state index contributed by atoms with van der Waals surface area (Å²) in [7, 11) is 1.67. The topological polar surface area (TPSA) is 61.9 Å². The third-order valence-corrected chi connectivity index (χ3v) is 7.22. The molecule has 1 N–H and O–H groups in total. The quantitative estimate of drug-likeness (QED) is 0.627. The number of likely N-dealkylation sites (tertiary alicyclic amines) is 2. The number of amides is 2. The number of rotatable bonds is 7. The van der Waals surface area contributed by atoms with Gasteiger partial charge in [-0.05, 0) is 80.7 Å². The normalized spacial score (nSPS) is 19.9. The highest BCUT2D eigenvalue weighted by atomic mass is 35.5. The van der Waals surface area contributed by atoms with Gasteiger partial charge in [-0.2, -0.15) is 0 Å². The summed E-state index contributed by atoms with van der Waals surface area (Å²) >= 11 is 5.96. The van der Waals surface area contributed by atoms with Gasteiger partial charge in [0.1, 0.15) is 5.75 Å². The van der Waals surface area contributed by atoms with E-state index in [1.165, 1.54) is 24.8 Å². The minimum Gasteiger partial charge on any atom is -0.497 e. The standard InChI is InChI=1S/C27H34ClN3O3/c1-34-24-13-9-20(10-14-24)25(30-15-3-2-4-16-30)18-29-26(32)22-6-5-17-31(19-22)27(33)21-7-11-23(28)12-8-21/h7-14,22,25H,2-6,15-19H2,1H3,(H,29,32). The van der Waals surface area contributed by atoms with Crippen molar-refractivity contribution in [2.45, 2.75) is 38.1 Å². The molecule has 2 aliphatic rings. The number of nitrogens with one attached hydrogen (secondary N) is 1. The molecule has 0 spiro atoms. The summed E-state index contributed by atoms with van der Waals surface area (Å²) in [5.74, 6) is 0.628. The van der Waals surface area contributed by atoms with Crippen LogP contribution in [0.2, 0.25) is 5.02 Å². The van der Waals surface area contributed by atoms with Crippen LogP contribution in [0.25, 0.3) is 0 Å². The highest BCUT2D eigenvalue weighted by Gasteiger charge is 2.30. The average Bonchev–Trinajstić information content (AvgIpc) is 2.90. The molecule has 2 aliphatic heterocycles. The van der Waals surface area contributed by atoms with E-state index in [1.807, 2.05) is 12.1 Å². The molecule has 2 saturated heterocycles. The number of hydrogen-bond donors (Lipinski definition) is 1. The lowest BCUT2D eigenvalue weighted by atomic mass is 9.96. The van der Waals surface area contributed by atoms with E-state index in [0.29, 0.717) is 30.2 Å². The average molecular weight is 484 g/mol. The van der Waals surface area contributed by atoms with Crippen LogP contribution in [0.4, 0.5) is 0 Å². The molecule has 2 heterocycles. The van der Waals surface area contributed by atoms with Crippen LogP contribution >= 0.6 is 11.6 Å². The van der Waals surface area contributed by atoms with Crippen LogP contribution in [0.5, 0.6) is 5.75 Å². The maximum absolute atomic E-state index is 13.2. The highest BCUT2D eigenvalue weighted by Crippen LogP contribution is 2.26. The van der Waals surface area contributed by atoms with Crippen molar-refractivity contribution >= 4 is 23.4 Å². The molecule has 2 aromatic rings. The van der Waals surface area contributed by atoms with Crippen LogP contribution in [0.3, 0.4) is 0 Å². The van der Waals surface area contributed by atoms with Gasteiger partial charge < -0.3 is 15.0 Å². The Labute approximate surface area is 207 Å². The SMILES string of the molecule is COc1ccc(C(CNC(=O)C2CCCN(C(=O)c3ccc(Cl)cc3)C2)N2CCCCC2)cc1. The Bertz CT molecular complexity index is 958. The number of piperidine rings is 2. The van der Waals surface area contributed by atoms with Crippen LogP contribution in [-0.4, -0.2) is 61.4 Å². The van der Waals surface area contributed by atoms with Gasteiger partial charge in [-0.3, -0.25) is 14.5 Å². The fourth-order valence-electron chi connectivity index (χ4n) is 5.01. The minimum atomic E-state index is -0.192. The number of halogens is 1. The van der Waals surface area contributed by atoms with Crippen molar-refractivity contribution in [3.8, 4) is 5.75 Å². The Morgan fingerprint density at radius 1 is 1.00 bits per heavy atom. The smallest absolute Gasteiger partial charge is 0.253 e. The molecule has 182 valence electrons. The van der Waals surface area contributed by atoms with Gasteiger partial charge in [0.15, 0.2) is 0 Å². The van der Waals surface area contributed by atoms with E-state index in [1.54, 1.807) is 36.3 Å². The van der Waals surface area contributed by atoms with Crippen LogP contribution in [-0.2, 0) is 4.79 Å². The van der Waals surface area contributed by atoms with E-state index in [4.69, 9.17) is 16.3 Å². The molecule has 6 nitrogen and oxygen atoms in total. The van der Waals surface area contributed by atoms with Gasteiger partial charge in [0, 0.05) is 30.2 Å². The summed E-state index contributed by atoms with van der Waals surface area (Å²) in [6.45, 7) is 3.77. The molecule has 0 bridgehead atoms. The van der Waals surface area contributed by atoms with Gasteiger partial charge in [0.2, 0.25) is 5.91 Å². The number of nitrogens with zero attached hydrogens (tertiary/aromatic N) is 2. The van der Waals surface area contributed by atoms with E-state index in [9.17, 15) is 9.59 Å².